The van der Waals surface area contributed by atoms with Crippen molar-refractivity contribution in [3.05, 3.63) is 11.6 Å². The normalized spacial score (nSPS) is 40.3. The van der Waals surface area contributed by atoms with Crippen LogP contribution in [-0.4, -0.2) is 17.3 Å². The topological polar surface area (TPSA) is 26.3 Å². The zero-order chi connectivity index (χ0) is 8.72. The summed E-state index contributed by atoms with van der Waals surface area (Å²) < 4.78 is 5.19. The van der Waals surface area contributed by atoms with Gasteiger partial charge in [-0.15, -0.1) is 0 Å². The lowest BCUT2D eigenvalue weighted by Gasteiger charge is -2.23. The number of ether oxygens (including phenoxy) is 1. The van der Waals surface area contributed by atoms with Gasteiger partial charge in [-0.1, -0.05) is 11.6 Å². The maximum absolute atomic E-state index is 11.2. The van der Waals surface area contributed by atoms with Gasteiger partial charge in [0.15, 0.2) is 0 Å². The molecule has 66 valence electrons. The van der Waals surface area contributed by atoms with Crippen molar-refractivity contribution in [1.82, 2.24) is 0 Å². The molecule has 0 saturated carbocycles. The van der Waals surface area contributed by atoms with E-state index in [0.717, 1.165) is 12.8 Å². The van der Waals surface area contributed by atoms with Crippen LogP contribution < -0.4 is 0 Å². The molecule has 0 aromatic heterocycles. The second-order valence-electron chi connectivity index (χ2n) is 3.47. The molecule has 3 heteroatoms. The van der Waals surface area contributed by atoms with Gasteiger partial charge in [0.05, 0.1) is 0 Å². The molecule has 0 spiro atoms. The van der Waals surface area contributed by atoms with Crippen LogP contribution in [0.3, 0.4) is 0 Å². The molecule has 1 aliphatic carbocycles. The van der Waals surface area contributed by atoms with Crippen molar-refractivity contribution in [2.75, 3.05) is 0 Å². The van der Waals surface area contributed by atoms with Crippen LogP contribution in [0.15, 0.2) is 11.6 Å². The Morgan fingerprint density at radius 2 is 2.42 bits per heavy atom. The molecule has 1 fully saturated rings. The smallest absolute Gasteiger partial charge is 0.319 e. The van der Waals surface area contributed by atoms with Gasteiger partial charge in [0, 0.05) is 5.92 Å². The highest BCUT2D eigenvalue weighted by Crippen LogP contribution is 2.37. The van der Waals surface area contributed by atoms with E-state index in [9.17, 15) is 4.79 Å². The van der Waals surface area contributed by atoms with E-state index >= 15 is 0 Å². The molecule has 0 aromatic rings. The molecule has 0 N–H and O–H groups in total. The first kappa shape index (κ1) is 8.17. The van der Waals surface area contributed by atoms with Gasteiger partial charge in [0.25, 0.3) is 0 Å². The Morgan fingerprint density at radius 1 is 1.67 bits per heavy atom. The number of thiol groups is 1. The van der Waals surface area contributed by atoms with Crippen molar-refractivity contribution in [3.8, 4) is 0 Å². The first-order chi connectivity index (χ1) is 5.70. The van der Waals surface area contributed by atoms with Crippen LogP contribution in [0.25, 0.3) is 0 Å². The summed E-state index contributed by atoms with van der Waals surface area (Å²) in [7, 11) is 0. The summed E-state index contributed by atoms with van der Waals surface area (Å²) in [5.74, 6) is 0.0811. The molecule has 1 heterocycles. The SMILES string of the molecule is CC1=CCC[C@H]2OC(=O)[C@@H](S)[C@@H]12. The van der Waals surface area contributed by atoms with Crippen LogP contribution in [0, 0.1) is 5.92 Å². The van der Waals surface area contributed by atoms with Gasteiger partial charge in [-0.2, -0.15) is 12.6 Å². The van der Waals surface area contributed by atoms with Crippen LogP contribution in [-0.2, 0) is 9.53 Å². The number of carbonyl (C=O) groups excluding carboxylic acids is 1. The summed E-state index contributed by atoms with van der Waals surface area (Å²) in [6.07, 6.45) is 4.28. The first-order valence-electron chi connectivity index (χ1n) is 4.25. The van der Waals surface area contributed by atoms with E-state index in [-0.39, 0.29) is 23.2 Å². The molecule has 2 nitrogen and oxygen atoms in total. The van der Waals surface area contributed by atoms with E-state index in [1.807, 2.05) is 0 Å². The van der Waals surface area contributed by atoms with Crippen molar-refractivity contribution in [1.29, 1.82) is 0 Å². The van der Waals surface area contributed by atoms with Crippen molar-refractivity contribution < 1.29 is 9.53 Å². The number of esters is 1. The van der Waals surface area contributed by atoms with E-state index in [1.165, 1.54) is 5.57 Å². The Kier molecular flexibility index (Phi) is 1.91. The molecule has 2 aliphatic rings. The fourth-order valence-corrected chi connectivity index (χ4v) is 2.52. The van der Waals surface area contributed by atoms with Crippen molar-refractivity contribution >= 4 is 18.6 Å². The highest BCUT2D eigenvalue weighted by molar-refractivity contribution is 7.81. The lowest BCUT2D eigenvalue weighted by Crippen LogP contribution is -2.25. The number of fused-ring (bicyclic) bond motifs is 1. The van der Waals surface area contributed by atoms with Gasteiger partial charge >= 0.3 is 5.97 Å². The molecule has 0 aromatic carbocycles. The Bertz CT molecular complexity index is 247. The van der Waals surface area contributed by atoms with Gasteiger partial charge in [0.2, 0.25) is 0 Å². The quantitative estimate of drug-likeness (QED) is 0.351. The Morgan fingerprint density at radius 3 is 3.08 bits per heavy atom. The van der Waals surface area contributed by atoms with E-state index in [0.29, 0.717) is 0 Å². The minimum Gasteiger partial charge on any atom is -0.461 e. The fourth-order valence-electron chi connectivity index (χ4n) is 2.03. The summed E-state index contributed by atoms with van der Waals surface area (Å²) in [6.45, 7) is 2.06. The number of rotatable bonds is 0. The summed E-state index contributed by atoms with van der Waals surface area (Å²) in [5, 5.41) is -0.230. The van der Waals surface area contributed by atoms with Crippen LogP contribution in [0.2, 0.25) is 0 Å². The zero-order valence-electron chi connectivity index (χ0n) is 6.99. The average molecular weight is 184 g/mol. The summed E-state index contributed by atoms with van der Waals surface area (Å²) >= 11 is 4.25. The molecule has 1 aliphatic heterocycles. The third-order valence-electron chi connectivity index (χ3n) is 2.69. The van der Waals surface area contributed by atoms with Gasteiger partial charge in [-0.3, -0.25) is 4.79 Å². The number of carbonyl (C=O) groups is 1. The van der Waals surface area contributed by atoms with Crippen LogP contribution in [0.1, 0.15) is 19.8 Å². The largest absolute Gasteiger partial charge is 0.461 e. The summed E-state index contributed by atoms with van der Waals surface area (Å²) in [4.78, 5) is 11.2. The monoisotopic (exact) mass is 184 g/mol. The van der Waals surface area contributed by atoms with Crippen LogP contribution in [0.5, 0.6) is 0 Å². The van der Waals surface area contributed by atoms with Gasteiger partial charge in [-0.05, 0) is 19.8 Å². The number of hydrogen-bond donors (Lipinski definition) is 1. The second-order valence-corrected chi connectivity index (χ2v) is 4.03. The molecule has 0 bridgehead atoms. The van der Waals surface area contributed by atoms with E-state index in [2.05, 4.69) is 25.6 Å². The predicted octanol–water partition coefficient (Wildman–Crippen LogP) is 1.57. The maximum atomic E-state index is 11.2. The van der Waals surface area contributed by atoms with E-state index in [1.54, 1.807) is 0 Å². The highest BCUT2D eigenvalue weighted by Gasteiger charge is 2.44. The third-order valence-corrected chi connectivity index (χ3v) is 3.23. The van der Waals surface area contributed by atoms with Crippen molar-refractivity contribution in [2.45, 2.75) is 31.1 Å². The lowest BCUT2D eigenvalue weighted by atomic mass is 9.85. The van der Waals surface area contributed by atoms with Crippen molar-refractivity contribution in [3.63, 3.8) is 0 Å². The molecule has 0 unspecified atom stereocenters. The minimum absolute atomic E-state index is 0.102. The van der Waals surface area contributed by atoms with Crippen LogP contribution >= 0.6 is 12.6 Å². The molecule has 12 heavy (non-hydrogen) atoms. The van der Waals surface area contributed by atoms with Gasteiger partial charge in [-0.25, -0.2) is 0 Å². The van der Waals surface area contributed by atoms with E-state index in [4.69, 9.17) is 4.74 Å². The third kappa shape index (κ3) is 1.07. The second kappa shape index (κ2) is 2.80. The average Bonchev–Trinajstić information content (AvgIpc) is 2.29. The Labute approximate surface area is 77.4 Å². The molecular formula is C9H12O2S. The molecule has 1 saturated heterocycles. The molecule has 0 radical (unpaired) electrons. The molecule has 3 atom stereocenters. The Hall–Kier alpha value is -0.440. The number of hydrogen-bond acceptors (Lipinski definition) is 3. The lowest BCUT2D eigenvalue weighted by molar-refractivity contribution is -0.141. The fraction of sp³-hybridized carbons (Fsp3) is 0.667. The maximum Gasteiger partial charge on any atom is 0.319 e. The molecule has 2 rings (SSSR count). The predicted molar refractivity (Wildman–Crippen MR) is 49.1 cm³/mol. The Balaban J connectivity index is 2.28. The van der Waals surface area contributed by atoms with Crippen LogP contribution in [0.4, 0.5) is 0 Å². The first-order valence-corrected chi connectivity index (χ1v) is 4.77. The van der Waals surface area contributed by atoms with Gasteiger partial charge in [0.1, 0.15) is 11.4 Å². The standard InChI is InChI=1S/C9H12O2S/c1-5-3-2-4-6-7(5)8(12)9(10)11-6/h3,6-8,12H,2,4H2,1H3/t6-,7+,8+/m1/s1. The summed E-state index contributed by atoms with van der Waals surface area (Å²) in [6, 6.07) is 0. The van der Waals surface area contributed by atoms with Gasteiger partial charge < -0.3 is 4.74 Å². The zero-order valence-corrected chi connectivity index (χ0v) is 7.88. The van der Waals surface area contributed by atoms with E-state index < -0.39 is 0 Å². The van der Waals surface area contributed by atoms with Crippen molar-refractivity contribution in [2.24, 2.45) is 5.92 Å². The highest BCUT2D eigenvalue weighted by atomic mass is 32.1. The number of allylic oxidation sites excluding steroid dienone is 1. The summed E-state index contributed by atoms with van der Waals surface area (Å²) in [5.41, 5.74) is 1.26. The minimum atomic E-state index is -0.230. The molecular weight excluding hydrogens is 172 g/mol. The molecule has 0 amide bonds.